The van der Waals surface area contributed by atoms with Crippen molar-refractivity contribution in [2.45, 2.75) is 6.42 Å². The molecule has 19 heavy (non-hydrogen) atoms. The van der Waals surface area contributed by atoms with E-state index in [-0.39, 0.29) is 6.61 Å². The maximum atomic E-state index is 8.89. The second-order valence-corrected chi connectivity index (χ2v) is 5.22. The van der Waals surface area contributed by atoms with Gasteiger partial charge in [0.2, 0.25) is 0 Å². The topological polar surface area (TPSA) is 50.9 Å². The van der Waals surface area contributed by atoms with Crippen molar-refractivity contribution in [3.63, 3.8) is 0 Å². The fraction of sp³-hybridized carbons (Fsp3) is 0.143. The van der Waals surface area contributed by atoms with Crippen molar-refractivity contribution in [3.8, 4) is 5.69 Å². The van der Waals surface area contributed by atoms with E-state index < -0.39 is 0 Å². The monoisotopic (exact) mass is 317 g/mol. The van der Waals surface area contributed by atoms with Crippen LogP contribution in [0.2, 0.25) is 0 Å². The largest absolute Gasteiger partial charge is 0.396 e. The highest BCUT2D eigenvalue weighted by molar-refractivity contribution is 9.10. The summed E-state index contributed by atoms with van der Waals surface area (Å²) in [7, 11) is 0. The van der Waals surface area contributed by atoms with E-state index in [2.05, 4.69) is 50.5 Å². The summed E-state index contributed by atoms with van der Waals surface area (Å²) in [5.74, 6) is 0. The van der Waals surface area contributed by atoms with Gasteiger partial charge in [-0.15, -0.1) is 5.10 Å². The lowest BCUT2D eigenvalue weighted by atomic mass is 10.1. The summed E-state index contributed by atoms with van der Waals surface area (Å²) in [5.41, 5.74) is 1.75. The van der Waals surface area contributed by atoms with E-state index >= 15 is 0 Å². The highest BCUT2D eigenvalue weighted by atomic mass is 79.9. The molecule has 4 nitrogen and oxygen atoms in total. The van der Waals surface area contributed by atoms with Gasteiger partial charge >= 0.3 is 0 Å². The Kier molecular flexibility index (Phi) is 3.31. The molecule has 2 aromatic carbocycles. The number of nitrogens with zero attached hydrogens (tertiary/aromatic N) is 3. The van der Waals surface area contributed by atoms with Crippen molar-refractivity contribution in [2.75, 3.05) is 6.61 Å². The molecule has 0 radical (unpaired) electrons. The molecular formula is C14H12BrN3O. The first-order valence-electron chi connectivity index (χ1n) is 5.98. The molecule has 0 fully saturated rings. The van der Waals surface area contributed by atoms with Crippen molar-refractivity contribution in [1.82, 2.24) is 15.0 Å². The molecule has 1 N–H and O–H groups in total. The Morgan fingerprint density at radius 2 is 1.89 bits per heavy atom. The molecule has 0 spiro atoms. The molecule has 0 unspecified atom stereocenters. The maximum absolute atomic E-state index is 8.89. The summed E-state index contributed by atoms with van der Waals surface area (Å²) < 4.78 is 2.80. The lowest BCUT2D eigenvalue weighted by Gasteiger charge is -2.03. The molecule has 0 aliphatic carbocycles. The minimum Gasteiger partial charge on any atom is -0.396 e. The number of aliphatic hydroxyl groups excluding tert-OH is 1. The number of aromatic nitrogens is 3. The lowest BCUT2D eigenvalue weighted by Crippen LogP contribution is -1.94. The number of fused-ring (bicyclic) bond motifs is 1. The van der Waals surface area contributed by atoms with Gasteiger partial charge in [-0.25, -0.2) is 4.68 Å². The van der Waals surface area contributed by atoms with Crippen molar-refractivity contribution in [1.29, 1.82) is 0 Å². The predicted octanol–water partition coefficient (Wildman–Crippen LogP) is 2.72. The van der Waals surface area contributed by atoms with Gasteiger partial charge in [-0.3, -0.25) is 0 Å². The van der Waals surface area contributed by atoms with Crippen molar-refractivity contribution in [3.05, 3.63) is 52.8 Å². The molecule has 0 aliphatic heterocycles. The van der Waals surface area contributed by atoms with Gasteiger partial charge in [0.15, 0.2) is 0 Å². The SMILES string of the molecule is OCCc1cn(-c2ccc3cc(Br)ccc3c2)nn1. The van der Waals surface area contributed by atoms with Crippen LogP contribution < -0.4 is 0 Å². The zero-order valence-corrected chi connectivity index (χ0v) is 11.7. The first-order valence-corrected chi connectivity index (χ1v) is 6.77. The Labute approximate surface area is 118 Å². The van der Waals surface area contributed by atoms with Crippen LogP contribution in [0.4, 0.5) is 0 Å². The third-order valence-electron chi connectivity index (χ3n) is 2.96. The average molecular weight is 318 g/mol. The molecule has 0 saturated carbocycles. The summed E-state index contributed by atoms with van der Waals surface area (Å²) in [6, 6.07) is 12.3. The third-order valence-corrected chi connectivity index (χ3v) is 3.45. The number of benzene rings is 2. The third kappa shape index (κ3) is 2.52. The van der Waals surface area contributed by atoms with E-state index in [1.54, 1.807) is 4.68 Å². The van der Waals surface area contributed by atoms with Gasteiger partial charge < -0.3 is 5.11 Å². The molecule has 5 heteroatoms. The fourth-order valence-corrected chi connectivity index (χ4v) is 2.38. The fourth-order valence-electron chi connectivity index (χ4n) is 2.00. The van der Waals surface area contributed by atoms with E-state index in [9.17, 15) is 0 Å². The van der Waals surface area contributed by atoms with E-state index in [0.717, 1.165) is 21.2 Å². The van der Waals surface area contributed by atoms with E-state index in [4.69, 9.17) is 5.11 Å². The number of rotatable bonds is 3. The lowest BCUT2D eigenvalue weighted by molar-refractivity contribution is 0.298. The Morgan fingerprint density at radius 3 is 2.74 bits per heavy atom. The molecule has 1 heterocycles. The summed E-state index contributed by atoms with van der Waals surface area (Å²) in [6.07, 6.45) is 2.37. The summed E-state index contributed by atoms with van der Waals surface area (Å²) in [5, 5.41) is 19.3. The average Bonchev–Trinajstić information content (AvgIpc) is 2.87. The molecule has 0 saturated heterocycles. The summed E-state index contributed by atoms with van der Waals surface area (Å²) >= 11 is 3.47. The number of hydrogen-bond donors (Lipinski definition) is 1. The quantitative estimate of drug-likeness (QED) is 0.808. The predicted molar refractivity (Wildman–Crippen MR) is 77.4 cm³/mol. The van der Waals surface area contributed by atoms with Gasteiger partial charge in [0.05, 0.1) is 17.6 Å². The maximum Gasteiger partial charge on any atom is 0.0854 e. The van der Waals surface area contributed by atoms with Crippen LogP contribution in [0.15, 0.2) is 47.1 Å². The van der Waals surface area contributed by atoms with Gasteiger partial charge in [-0.1, -0.05) is 33.3 Å². The van der Waals surface area contributed by atoms with Crippen LogP contribution in [0.25, 0.3) is 16.5 Å². The molecule has 1 aromatic heterocycles. The summed E-state index contributed by atoms with van der Waals surface area (Å²) in [4.78, 5) is 0. The molecule has 0 amide bonds. The molecular weight excluding hydrogens is 306 g/mol. The Morgan fingerprint density at radius 1 is 1.11 bits per heavy atom. The molecule has 0 aliphatic rings. The van der Waals surface area contributed by atoms with Crippen LogP contribution in [0, 0.1) is 0 Å². The number of halogens is 1. The Hall–Kier alpha value is -1.72. The van der Waals surface area contributed by atoms with E-state index in [1.807, 2.05) is 18.3 Å². The zero-order chi connectivity index (χ0) is 13.2. The molecule has 0 atom stereocenters. The van der Waals surface area contributed by atoms with Crippen LogP contribution in [0.3, 0.4) is 0 Å². The van der Waals surface area contributed by atoms with Gasteiger partial charge in [0, 0.05) is 17.5 Å². The Bertz CT molecular complexity index is 724. The van der Waals surface area contributed by atoms with Gasteiger partial charge in [0.1, 0.15) is 0 Å². The second kappa shape index (κ2) is 5.11. The summed E-state index contributed by atoms with van der Waals surface area (Å²) in [6.45, 7) is 0.0877. The van der Waals surface area contributed by atoms with Gasteiger partial charge in [0.25, 0.3) is 0 Å². The number of aliphatic hydroxyl groups is 1. The van der Waals surface area contributed by atoms with Crippen LogP contribution in [0.1, 0.15) is 5.69 Å². The van der Waals surface area contributed by atoms with Crippen molar-refractivity contribution < 1.29 is 5.11 Å². The minimum atomic E-state index is 0.0877. The van der Waals surface area contributed by atoms with E-state index in [0.29, 0.717) is 6.42 Å². The Balaban J connectivity index is 2.02. The van der Waals surface area contributed by atoms with Gasteiger partial charge in [-0.05, 0) is 35.0 Å². The highest BCUT2D eigenvalue weighted by Crippen LogP contribution is 2.22. The second-order valence-electron chi connectivity index (χ2n) is 4.30. The molecule has 3 aromatic rings. The van der Waals surface area contributed by atoms with Crippen LogP contribution in [0.5, 0.6) is 0 Å². The van der Waals surface area contributed by atoms with Crippen molar-refractivity contribution in [2.24, 2.45) is 0 Å². The van der Waals surface area contributed by atoms with Crippen LogP contribution >= 0.6 is 15.9 Å². The van der Waals surface area contributed by atoms with Crippen LogP contribution in [-0.2, 0) is 6.42 Å². The smallest absolute Gasteiger partial charge is 0.0854 e. The first kappa shape index (κ1) is 12.3. The standard InChI is InChI=1S/C14H12BrN3O/c15-12-3-1-11-8-14(4-2-10(11)7-12)18-9-13(5-6-19)16-17-18/h1-4,7-9,19H,5-6H2. The first-order chi connectivity index (χ1) is 9.26. The normalized spacial score (nSPS) is 11.1. The molecule has 96 valence electrons. The van der Waals surface area contributed by atoms with Crippen molar-refractivity contribution >= 4 is 26.7 Å². The van der Waals surface area contributed by atoms with Crippen LogP contribution in [-0.4, -0.2) is 26.7 Å². The number of hydrogen-bond acceptors (Lipinski definition) is 3. The molecule has 3 rings (SSSR count). The minimum absolute atomic E-state index is 0.0877. The highest BCUT2D eigenvalue weighted by Gasteiger charge is 2.03. The zero-order valence-electron chi connectivity index (χ0n) is 10.1. The van der Waals surface area contributed by atoms with E-state index in [1.165, 1.54) is 5.39 Å². The molecule has 0 bridgehead atoms. The van der Waals surface area contributed by atoms with Gasteiger partial charge in [-0.2, -0.15) is 0 Å².